The molecule has 1 unspecified atom stereocenters. The van der Waals surface area contributed by atoms with Crippen LogP contribution in [0.15, 0.2) is 12.1 Å². The minimum absolute atomic E-state index is 0.298. The standard InChI is InChI=1S/C12H17ClN2O/c1-9-5-12(16-2)6-11(14-9)8-15-4-3-10(13)7-15/h5-6,10H,3-4,7-8H2,1-2H3. The summed E-state index contributed by atoms with van der Waals surface area (Å²) in [6.07, 6.45) is 1.07. The van der Waals surface area contributed by atoms with Crippen molar-refractivity contribution in [2.75, 3.05) is 20.2 Å². The summed E-state index contributed by atoms with van der Waals surface area (Å²) in [5, 5.41) is 0.298. The van der Waals surface area contributed by atoms with Crippen molar-refractivity contribution in [3.63, 3.8) is 0 Å². The molecule has 0 aliphatic carbocycles. The van der Waals surface area contributed by atoms with Gasteiger partial charge in [0.25, 0.3) is 0 Å². The van der Waals surface area contributed by atoms with Crippen molar-refractivity contribution in [1.29, 1.82) is 0 Å². The Bertz CT molecular complexity index is 370. The van der Waals surface area contributed by atoms with E-state index in [0.717, 1.165) is 43.2 Å². The minimum Gasteiger partial charge on any atom is -0.497 e. The van der Waals surface area contributed by atoms with Crippen LogP contribution in [-0.2, 0) is 6.54 Å². The lowest BCUT2D eigenvalue weighted by Gasteiger charge is -2.15. The van der Waals surface area contributed by atoms with Crippen LogP contribution >= 0.6 is 11.6 Å². The van der Waals surface area contributed by atoms with Gasteiger partial charge in [-0.15, -0.1) is 11.6 Å². The lowest BCUT2D eigenvalue weighted by Crippen LogP contribution is -2.21. The predicted molar refractivity (Wildman–Crippen MR) is 65.1 cm³/mol. The van der Waals surface area contributed by atoms with Crippen LogP contribution in [0.2, 0.25) is 0 Å². The lowest BCUT2D eigenvalue weighted by atomic mass is 10.3. The number of pyridine rings is 1. The average molecular weight is 241 g/mol. The van der Waals surface area contributed by atoms with Crippen LogP contribution in [0.1, 0.15) is 17.8 Å². The van der Waals surface area contributed by atoms with Gasteiger partial charge < -0.3 is 4.74 Å². The molecule has 16 heavy (non-hydrogen) atoms. The number of methoxy groups -OCH3 is 1. The molecule has 1 aromatic heterocycles. The Morgan fingerprint density at radius 1 is 1.56 bits per heavy atom. The van der Waals surface area contributed by atoms with E-state index in [-0.39, 0.29) is 0 Å². The fourth-order valence-corrected chi connectivity index (χ4v) is 2.35. The molecule has 1 fully saturated rings. The lowest BCUT2D eigenvalue weighted by molar-refractivity contribution is 0.326. The fraction of sp³-hybridized carbons (Fsp3) is 0.583. The second-order valence-electron chi connectivity index (χ2n) is 4.26. The molecule has 0 aromatic carbocycles. The van der Waals surface area contributed by atoms with Crippen LogP contribution in [-0.4, -0.2) is 35.5 Å². The molecule has 2 heterocycles. The first-order valence-corrected chi connectivity index (χ1v) is 5.99. The molecule has 4 heteroatoms. The van der Waals surface area contributed by atoms with Gasteiger partial charge in [0.2, 0.25) is 0 Å². The van der Waals surface area contributed by atoms with Crippen LogP contribution in [0.5, 0.6) is 5.75 Å². The zero-order chi connectivity index (χ0) is 11.5. The van der Waals surface area contributed by atoms with Gasteiger partial charge >= 0.3 is 0 Å². The van der Waals surface area contributed by atoms with Crippen molar-refractivity contribution < 1.29 is 4.74 Å². The monoisotopic (exact) mass is 240 g/mol. The second kappa shape index (κ2) is 5.02. The molecule has 0 radical (unpaired) electrons. The summed E-state index contributed by atoms with van der Waals surface area (Å²) in [4.78, 5) is 6.84. The maximum atomic E-state index is 6.08. The van der Waals surface area contributed by atoms with Gasteiger partial charge in [-0.3, -0.25) is 9.88 Å². The molecule has 1 aliphatic heterocycles. The van der Waals surface area contributed by atoms with Gasteiger partial charge in [-0.05, 0) is 13.3 Å². The molecule has 88 valence electrons. The summed E-state index contributed by atoms with van der Waals surface area (Å²) in [5.74, 6) is 0.879. The number of hydrogen-bond donors (Lipinski definition) is 0. The predicted octanol–water partition coefficient (Wildman–Crippen LogP) is 2.21. The maximum absolute atomic E-state index is 6.08. The summed E-state index contributed by atoms with van der Waals surface area (Å²) in [6.45, 7) is 4.87. The van der Waals surface area contributed by atoms with E-state index in [1.807, 2.05) is 19.1 Å². The summed E-state index contributed by atoms with van der Waals surface area (Å²) in [5.41, 5.74) is 2.05. The highest BCUT2D eigenvalue weighted by Crippen LogP contribution is 2.19. The van der Waals surface area contributed by atoms with Gasteiger partial charge in [0.05, 0.1) is 12.8 Å². The van der Waals surface area contributed by atoms with E-state index in [0.29, 0.717) is 5.38 Å². The summed E-state index contributed by atoms with van der Waals surface area (Å²) < 4.78 is 5.24. The summed E-state index contributed by atoms with van der Waals surface area (Å²) >= 11 is 6.08. The molecule has 1 saturated heterocycles. The van der Waals surface area contributed by atoms with Gasteiger partial charge in [-0.2, -0.15) is 0 Å². The molecular formula is C12H17ClN2O. The smallest absolute Gasteiger partial charge is 0.122 e. The van der Waals surface area contributed by atoms with E-state index < -0.39 is 0 Å². The summed E-state index contributed by atoms with van der Waals surface area (Å²) in [7, 11) is 1.68. The molecular weight excluding hydrogens is 224 g/mol. The third kappa shape index (κ3) is 2.86. The van der Waals surface area contributed by atoms with Gasteiger partial charge in [0.15, 0.2) is 0 Å². The summed E-state index contributed by atoms with van der Waals surface area (Å²) in [6, 6.07) is 3.94. The molecule has 1 aliphatic rings. The normalized spacial score (nSPS) is 21.3. The maximum Gasteiger partial charge on any atom is 0.122 e. The van der Waals surface area contributed by atoms with Crippen LogP contribution in [0.3, 0.4) is 0 Å². The first kappa shape index (κ1) is 11.7. The number of aromatic nitrogens is 1. The van der Waals surface area contributed by atoms with Crippen molar-refractivity contribution in [2.45, 2.75) is 25.3 Å². The largest absolute Gasteiger partial charge is 0.497 e. The molecule has 1 aromatic rings. The Morgan fingerprint density at radius 3 is 3.00 bits per heavy atom. The van der Waals surface area contributed by atoms with Gasteiger partial charge in [-0.25, -0.2) is 0 Å². The van der Waals surface area contributed by atoms with Gasteiger partial charge in [-0.1, -0.05) is 0 Å². The van der Waals surface area contributed by atoms with Crippen molar-refractivity contribution >= 4 is 11.6 Å². The second-order valence-corrected chi connectivity index (χ2v) is 4.88. The number of halogens is 1. The molecule has 1 atom stereocenters. The first-order valence-electron chi connectivity index (χ1n) is 5.55. The fourth-order valence-electron chi connectivity index (χ4n) is 2.06. The third-order valence-corrected chi connectivity index (χ3v) is 3.17. The van der Waals surface area contributed by atoms with Crippen LogP contribution in [0.4, 0.5) is 0 Å². The van der Waals surface area contributed by atoms with Crippen molar-refractivity contribution in [2.24, 2.45) is 0 Å². The Kier molecular flexibility index (Phi) is 3.66. The van der Waals surface area contributed by atoms with E-state index in [4.69, 9.17) is 16.3 Å². The zero-order valence-electron chi connectivity index (χ0n) is 9.74. The molecule has 0 saturated carbocycles. The highest BCUT2D eigenvalue weighted by atomic mass is 35.5. The van der Waals surface area contributed by atoms with E-state index in [9.17, 15) is 0 Å². The topological polar surface area (TPSA) is 25.4 Å². The zero-order valence-corrected chi connectivity index (χ0v) is 10.5. The first-order chi connectivity index (χ1) is 7.67. The SMILES string of the molecule is COc1cc(C)nc(CN2CCC(Cl)C2)c1. The van der Waals surface area contributed by atoms with E-state index >= 15 is 0 Å². The van der Waals surface area contributed by atoms with Crippen molar-refractivity contribution in [3.8, 4) is 5.75 Å². The molecule has 2 rings (SSSR count). The quantitative estimate of drug-likeness (QED) is 0.758. The van der Waals surface area contributed by atoms with Gasteiger partial charge in [0.1, 0.15) is 5.75 Å². The van der Waals surface area contributed by atoms with Crippen LogP contribution in [0, 0.1) is 6.92 Å². The minimum atomic E-state index is 0.298. The van der Waals surface area contributed by atoms with Crippen molar-refractivity contribution in [3.05, 3.63) is 23.5 Å². The van der Waals surface area contributed by atoms with E-state index in [1.165, 1.54) is 0 Å². The molecule has 0 spiro atoms. The Morgan fingerprint density at radius 2 is 2.38 bits per heavy atom. The van der Waals surface area contributed by atoms with Crippen molar-refractivity contribution in [1.82, 2.24) is 9.88 Å². The molecule has 0 amide bonds. The number of nitrogens with zero attached hydrogens (tertiary/aromatic N) is 2. The third-order valence-electron chi connectivity index (χ3n) is 2.82. The Labute approximate surface area is 101 Å². The molecule has 0 N–H and O–H groups in total. The van der Waals surface area contributed by atoms with Crippen LogP contribution < -0.4 is 4.74 Å². The average Bonchev–Trinajstić information content (AvgIpc) is 2.63. The van der Waals surface area contributed by atoms with Gasteiger partial charge in [0, 0.05) is 42.8 Å². The molecule has 3 nitrogen and oxygen atoms in total. The number of likely N-dealkylation sites (tertiary alicyclic amines) is 1. The highest BCUT2D eigenvalue weighted by Gasteiger charge is 2.20. The number of hydrogen-bond acceptors (Lipinski definition) is 3. The number of ether oxygens (including phenoxy) is 1. The highest BCUT2D eigenvalue weighted by molar-refractivity contribution is 6.20. The van der Waals surface area contributed by atoms with Crippen LogP contribution in [0.25, 0.3) is 0 Å². The van der Waals surface area contributed by atoms with E-state index in [2.05, 4.69) is 9.88 Å². The molecule has 0 bridgehead atoms. The number of rotatable bonds is 3. The Balaban J connectivity index is 2.06. The Hall–Kier alpha value is -0.800. The number of aryl methyl sites for hydroxylation is 1. The number of alkyl halides is 1. The van der Waals surface area contributed by atoms with E-state index in [1.54, 1.807) is 7.11 Å².